The third kappa shape index (κ3) is 6.25. The number of aryl methyl sites for hydroxylation is 2. The molecule has 0 radical (unpaired) electrons. The summed E-state index contributed by atoms with van der Waals surface area (Å²) in [7, 11) is 0. The van der Waals surface area contributed by atoms with Gasteiger partial charge in [0.25, 0.3) is 0 Å². The fourth-order valence-electron chi connectivity index (χ4n) is 5.77. The largest absolute Gasteiger partial charge is 0.481 e. The van der Waals surface area contributed by atoms with Gasteiger partial charge in [-0.05, 0) is 88.7 Å². The molecule has 0 unspecified atom stereocenters. The molecule has 1 N–H and O–H groups in total. The molecule has 212 valence electrons. The van der Waals surface area contributed by atoms with Gasteiger partial charge in [-0.3, -0.25) is 14.5 Å². The van der Waals surface area contributed by atoms with Crippen LogP contribution in [0.25, 0.3) is 11.3 Å². The molecular formula is C31H39N5O3S. The predicted molar refractivity (Wildman–Crippen MR) is 158 cm³/mol. The highest BCUT2D eigenvalue weighted by Crippen LogP contribution is 2.34. The zero-order valence-electron chi connectivity index (χ0n) is 23.9. The molecule has 2 fully saturated rings. The minimum Gasteiger partial charge on any atom is -0.481 e. The molecule has 5 rings (SSSR count). The minimum atomic E-state index is -0.738. The van der Waals surface area contributed by atoms with E-state index in [0.717, 1.165) is 29.4 Å². The molecule has 4 heterocycles. The van der Waals surface area contributed by atoms with Crippen LogP contribution in [0.1, 0.15) is 76.1 Å². The van der Waals surface area contributed by atoms with Crippen LogP contribution >= 0.6 is 11.3 Å². The van der Waals surface area contributed by atoms with Crippen molar-refractivity contribution in [3.63, 3.8) is 0 Å². The minimum absolute atomic E-state index is 0.0990. The number of carboxylic acids is 1. The molecule has 0 aliphatic carbocycles. The summed E-state index contributed by atoms with van der Waals surface area (Å²) >= 11 is 1.64. The molecular weight excluding hydrogens is 522 g/mol. The van der Waals surface area contributed by atoms with Gasteiger partial charge < -0.3 is 10.0 Å². The number of thiazole rings is 1. The van der Waals surface area contributed by atoms with Crippen LogP contribution in [0.4, 0.5) is 5.82 Å². The number of carbonyl (C=O) groups excluding carboxylic acids is 1. The van der Waals surface area contributed by atoms with Gasteiger partial charge in [-0.15, -0.1) is 11.3 Å². The van der Waals surface area contributed by atoms with Crippen molar-refractivity contribution >= 4 is 28.9 Å². The second kappa shape index (κ2) is 12.1. The molecule has 3 aromatic rings. The molecule has 40 heavy (non-hydrogen) atoms. The Morgan fingerprint density at radius 2 is 1.73 bits per heavy atom. The van der Waals surface area contributed by atoms with Crippen LogP contribution in [0.15, 0.2) is 24.5 Å². The van der Waals surface area contributed by atoms with E-state index in [1.54, 1.807) is 23.7 Å². The number of carboxylic acid groups (broad SMARTS) is 1. The molecule has 1 atom stereocenters. The molecule has 2 aromatic heterocycles. The maximum Gasteiger partial charge on any atom is 0.306 e. The van der Waals surface area contributed by atoms with Gasteiger partial charge in [0.2, 0.25) is 0 Å². The second-order valence-corrected chi connectivity index (χ2v) is 12.6. The number of rotatable bonds is 8. The van der Waals surface area contributed by atoms with E-state index in [2.05, 4.69) is 54.7 Å². The molecule has 0 saturated carbocycles. The van der Waals surface area contributed by atoms with Crippen molar-refractivity contribution in [1.82, 2.24) is 19.9 Å². The number of benzene rings is 1. The predicted octanol–water partition coefficient (Wildman–Crippen LogP) is 5.63. The Morgan fingerprint density at radius 3 is 2.35 bits per heavy atom. The van der Waals surface area contributed by atoms with Crippen molar-refractivity contribution in [3.8, 4) is 11.3 Å². The lowest BCUT2D eigenvalue weighted by atomic mass is 9.97. The van der Waals surface area contributed by atoms with Crippen LogP contribution in [0, 0.1) is 26.7 Å². The Labute approximate surface area is 240 Å². The van der Waals surface area contributed by atoms with Crippen molar-refractivity contribution in [1.29, 1.82) is 0 Å². The average Bonchev–Trinajstić information content (AvgIpc) is 3.34. The van der Waals surface area contributed by atoms with Gasteiger partial charge in [0.1, 0.15) is 16.5 Å². The van der Waals surface area contributed by atoms with E-state index in [-0.39, 0.29) is 18.1 Å². The van der Waals surface area contributed by atoms with Gasteiger partial charge in [-0.1, -0.05) is 6.42 Å². The van der Waals surface area contributed by atoms with E-state index in [4.69, 9.17) is 4.98 Å². The number of aliphatic carboxylic acids is 1. The summed E-state index contributed by atoms with van der Waals surface area (Å²) in [6.45, 7) is 11.9. The number of nitrogens with zero attached hydrogens (tertiary/aromatic N) is 5. The van der Waals surface area contributed by atoms with Crippen molar-refractivity contribution in [2.45, 2.75) is 78.8 Å². The third-order valence-corrected chi connectivity index (χ3v) is 9.67. The van der Waals surface area contributed by atoms with Gasteiger partial charge in [-0.25, -0.2) is 15.0 Å². The number of likely N-dealkylation sites (tertiary alicyclic amines) is 1. The molecule has 2 saturated heterocycles. The summed E-state index contributed by atoms with van der Waals surface area (Å²) in [5, 5.41) is 10.0. The second-order valence-electron chi connectivity index (χ2n) is 11.4. The zero-order valence-corrected chi connectivity index (χ0v) is 24.8. The first kappa shape index (κ1) is 28.4. The first-order chi connectivity index (χ1) is 19.2. The fourth-order valence-corrected chi connectivity index (χ4v) is 6.89. The summed E-state index contributed by atoms with van der Waals surface area (Å²) in [6.07, 6.45) is 8.25. The number of carbonyl (C=O) groups is 2. The van der Waals surface area contributed by atoms with Gasteiger partial charge in [-0.2, -0.15) is 0 Å². The number of Topliss-reactive ketones (excluding diaryl/α,β-unsaturated/α-hetero) is 1. The number of anilines is 1. The maximum atomic E-state index is 13.2. The normalized spacial score (nSPS) is 18.7. The van der Waals surface area contributed by atoms with Crippen LogP contribution in [-0.2, 0) is 17.8 Å². The van der Waals surface area contributed by atoms with Crippen molar-refractivity contribution < 1.29 is 14.7 Å². The lowest BCUT2D eigenvalue weighted by molar-refractivity contribution is -0.142. The van der Waals surface area contributed by atoms with Gasteiger partial charge in [0, 0.05) is 36.1 Å². The molecule has 0 bridgehead atoms. The molecule has 9 heteroatoms. The van der Waals surface area contributed by atoms with Crippen LogP contribution in [0.2, 0.25) is 0 Å². The van der Waals surface area contributed by atoms with Gasteiger partial charge >= 0.3 is 5.97 Å². The van der Waals surface area contributed by atoms with E-state index >= 15 is 0 Å². The van der Waals surface area contributed by atoms with Crippen LogP contribution in [0.3, 0.4) is 0 Å². The van der Waals surface area contributed by atoms with Gasteiger partial charge in [0.15, 0.2) is 5.78 Å². The van der Waals surface area contributed by atoms with Crippen molar-refractivity contribution in [3.05, 3.63) is 56.8 Å². The summed E-state index contributed by atoms with van der Waals surface area (Å²) in [5.41, 5.74) is 6.23. The quantitative estimate of drug-likeness (QED) is 0.354. The van der Waals surface area contributed by atoms with E-state index in [0.29, 0.717) is 43.5 Å². The topological polar surface area (TPSA) is 99.5 Å². The molecule has 0 spiro atoms. The number of hydrogen-bond acceptors (Lipinski definition) is 8. The Bertz CT molecular complexity index is 1360. The monoisotopic (exact) mass is 561 g/mol. The lowest BCUT2D eigenvalue weighted by Gasteiger charge is -2.33. The summed E-state index contributed by atoms with van der Waals surface area (Å²) in [5.74, 6) is -0.458. The average molecular weight is 562 g/mol. The first-order valence-electron chi connectivity index (χ1n) is 14.3. The lowest BCUT2D eigenvalue weighted by Crippen LogP contribution is -2.36. The molecule has 2 aliphatic heterocycles. The highest BCUT2D eigenvalue weighted by atomic mass is 32.1. The van der Waals surface area contributed by atoms with E-state index in [1.807, 2.05) is 4.90 Å². The van der Waals surface area contributed by atoms with Crippen LogP contribution in [-0.4, -0.2) is 62.4 Å². The summed E-state index contributed by atoms with van der Waals surface area (Å²) in [4.78, 5) is 44.2. The van der Waals surface area contributed by atoms with E-state index in [9.17, 15) is 14.7 Å². The zero-order chi connectivity index (χ0) is 28.4. The van der Waals surface area contributed by atoms with Crippen molar-refractivity contribution in [2.75, 3.05) is 24.5 Å². The number of ketones is 1. The maximum absolute atomic E-state index is 13.2. The summed E-state index contributed by atoms with van der Waals surface area (Å²) in [6, 6.07) is 4.98. The Hall–Kier alpha value is -3.17. The van der Waals surface area contributed by atoms with Crippen LogP contribution in [0.5, 0.6) is 0 Å². The molecule has 2 aliphatic rings. The first-order valence-corrected chi connectivity index (χ1v) is 15.1. The molecule has 8 nitrogen and oxygen atoms in total. The number of hydrogen-bond donors (Lipinski definition) is 1. The third-order valence-electron chi connectivity index (χ3n) is 8.63. The smallest absolute Gasteiger partial charge is 0.306 e. The van der Waals surface area contributed by atoms with E-state index < -0.39 is 5.97 Å². The Balaban J connectivity index is 1.34. The highest BCUT2D eigenvalue weighted by molar-refractivity contribution is 7.12. The Kier molecular flexibility index (Phi) is 8.61. The highest BCUT2D eigenvalue weighted by Gasteiger charge is 2.26. The number of aromatic nitrogens is 3. The number of piperidine rings is 2. The standard InChI is InChI=1S/C31H39N5O3S/c1-19-13-24(14-20(2)22(19)4)30-27(18-36-10-6-5-7-21(36)3)40-29(34-30)15-26(37)25-16-33-28(17-32-25)35-11-8-23(9-12-35)31(38)39/h13-14,16-17,21,23H,5-12,15,18H2,1-4H3,(H,38,39)/t21-/m1/s1. The van der Waals surface area contributed by atoms with E-state index in [1.165, 1.54) is 40.8 Å². The SMILES string of the molecule is Cc1cc(-c2nc(CC(=O)c3cnc(N4CCC(C(=O)O)CC4)cn3)sc2CN2CCCC[C@H]2C)cc(C)c1C. The summed E-state index contributed by atoms with van der Waals surface area (Å²) < 4.78 is 0. The molecule has 1 aromatic carbocycles. The van der Waals surface area contributed by atoms with Crippen molar-refractivity contribution in [2.24, 2.45) is 5.92 Å². The fraction of sp³-hybridized carbons (Fsp3) is 0.516. The molecule has 0 amide bonds. The van der Waals surface area contributed by atoms with Crippen LogP contribution < -0.4 is 4.90 Å². The van der Waals surface area contributed by atoms with Gasteiger partial charge in [0.05, 0.1) is 30.4 Å². The Morgan fingerprint density at radius 1 is 1.00 bits per heavy atom.